The fraction of sp³-hybridized carbons (Fsp3) is 0.154. The van der Waals surface area contributed by atoms with E-state index in [4.69, 9.17) is 9.47 Å². The van der Waals surface area contributed by atoms with Crippen LogP contribution in [-0.4, -0.2) is 29.5 Å². The molecular formula is C13H10N4O4S. The number of fused-ring (bicyclic) bond motifs is 1. The number of hydrogen-bond donors (Lipinski definition) is 1. The average molecular weight is 318 g/mol. The van der Waals surface area contributed by atoms with Crippen molar-refractivity contribution < 1.29 is 19.1 Å². The van der Waals surface area contributed by atoms with Gasteiger partial charge in [0.25, 0.3) is 5.91 Å². The Bertz CT molecular complexity index is 729. The molecule has 2 aliphatic heterocycles. The van der Waals surface area contributed by atoms with Crippen molar-refractivity contribution in [2.75, 3.05) is 17.9 Å². The molecule has 9 heteroatoms. The fourth-order valence-corrected chi connectivity index (χ4v) is 2.26. The Morgan fingerprint density at radius 1 is 1.32 bits per heavy atom. The average Bonchev–Trinajstić information content (AvgIpc) is 2.96. The molecule has 0 saturated carbocycles. The normalized spacial score (nSPS) is 15.7. The van der Waals surface area contributed by atoms with Crippen molar-refractivity contribution in [1.29, 1.82) is 0 Å². The summed E-state index contributed by atoms with van der Waals surface area (Å²) < 4.78 is 10.4. The molecule has 0 aromatic heterocycles. The summed E-state index contributed by atoms with van der Waals surface area (Å²) in [6, 6.07) is 5.10. The zero-order valence-electron chi connectivity index (χ0n) is 11.2. The van der Waals surface area contributed by atoms with E-state index in [0.717, 1.165) is 11.8 Å². The van der Waals surface area contributed by atoms with Crippen molar-refractivity contribution in [3.8, 4) is 11.5 Å². The smallest absolute Gasteiger partial charge is 0.299 e. The van der Waals surface area contributed by atoms with E-state index in [1.807, 2.05) is 0 Å². The Labute approximate surface area is 129 Å². The van der Waals surface area contributed by atoms with Crippen LogP contribution in [-0.2, 0) is 9.59 Å². The van der Waals surface area contributed by atoms with Gasteiger partial charge in [-0.1, -0.05) is 18.3 Å². The Kier molecular flexibility index (Phi) is 3.88. The van der Waals surface area contributed by atoms with Crippen LogP contribution in [0.15, 0.2) is 45.7 Å². The number of anilines is 1. The van der Waals surface area contributed by atoms with Gasteiger partial charge in [0.2, 0.25) is 17.9 Å². The Morgan fingerprint density at radius 2 is 2.14 bits per heavy atom. The topological polar surface area (TPSA) is 102 Å². The van der Waals surface area contributed by atoms with E-state index in [2.05, 4.69) is 27.1 Å². The predicted octanol–water partition coefficient (Wildman–Crippen LogP) is 1.95. The monoisotopic (exact) mass is 318 g/mol. The first-order chi connectivity index (χ1) is 10.6. The summed E-state index contributed by atoms with van der Waals surface area (Å²) in [6.07, 6.45) is 0. The van der Waals surface area contributed by atoms with E-state index in [9.17, 15) is 9.59 Å². The first-order valence-corrected chi connectivity index (χ1v) is 7.16. The zero-order valence-corrected chi connectivity index (χ0v) is 12.1. The minimum atomic E-state index is -0.548. The predicted molar refractivity (Wildman–Crippen MR) is 80.1 cm³/mol. The van der Waals surface area contributed by atoms with E-state index in [0.29, 0.717) is 17.2 Å². The quantitative estimate of drug-likeness (QED) is 0.858. The maximum atomic E-state index is 11.9. The number of benzene rings is 1. The van der Waals surface area contributed by atoms with Crippen LogP contribution in [0, 0.1) is 0 Å². The van der Waals surface area contributed by atoms with E-state index in [-0.39, 0.29) is 29.3 Å². The molecule has 0 saturated heterocycles. The highest BCUT2D eigenvalue weighted by Gasteiger charge is 2.16. The zero-order chi connectivity index (χ0) is 15.5. The molecule has 2 amide bonds. The SMILES string of the molecule is C=C1N=NC(SCC(=O)Nc2ccc3c(c2)OCO3)=NC1=O. The molecule has 8 nitrogen and oxygen atoms in total. The molecule has 0 fully saturated rings. The first kappa shape index (κ1) is 14.3. The molecule has 0 spiro atoms. The molecule has 1 aromatic rings. The van der Waals surface area contributed by atoms with E-state index in [1.54, 1.807) is 18.2 Å². The van der Waals surface area contributed by atoms with Gasteiger partial charge in [-0.05, 0) is 12.1 Å². The van der Waals surface area contributed by atoms with Crippen LogP contribution in [0.2, 0.25) is 0 Å². The number of nitrogens with one attached hydrogen (secondary N) is 1. The number of carbonyl (C=O) groups excluding carboxylic acids is 2. The summed E-state index contributed by atoms with van der Waals surface area (Å²) in [5.74, 6) is 0.460. The number of ether oxygens (including phenoxy) is 2. The fourth-order valence-electron chi connectivity index (χ4n) is 1.68. The molecule has 0 unspecified atom stereocenters. The van der Waals surface area contributed by atoms with Gasteiger partial charge in [-0.3, -0.25) is 9.59 Å². The van der Waals surface area contributed by atoms with Crippen LogP contribution in [0.3, 0.4) is 0 Å². The standard InChI is InChI=1S/C13H10N4O4S/c1-7-12(19)15-13(17-16-7)22-5-11(18)14-8-2-3-9-10(4-8)21-6-20-9/h2-4H,1,5-6H2,(H,14,18). The molecule has 2 heterocycles. The lowest BCUT2D eigenvalue weighted by atomic mass is 10.3. The summed E-state index contributed by atoms with van der Waals surface area (Å²) in [5.41, 5.74) is 0.570. The second-order valence-corrected chi connectivity index (χ2v) is 5.19. The summed E-state index contributed by atoms with van der Waals surface area (Å²) in [6.45, 7) is 3.55. The molecule has 0 atom stereocenters. The lowest BCUT2D eigenvalue weighted by molar-refractivity contribution is -0.115. The van der Waals surface area contributed by atoms with Crippen molar-refractivity contribution in [2.24, 2.45) is 15.2 Å². The van der Waals surface area contributed by atoms with Gasteiger partial charge in [0.05, 0.1) is 5.75 Å². The van der Waals surface area contributed by atoms with Crippen LogP contribution in [0.25, 0.3) is 0 Å². The van der Waals surface area contributed by atoms with E-state index >= 15 is 0 Å². The third-order valence-corrected chi connectivity index (χ3v) is 3.53. The van der Waals surface area contributed by atoms with Gasteiger partial charge in [0.15, 0.2) is 11.5 Å². The van der Waals surface area contributed by atoms with Gasteiger partial charge in [-0.15, -0.1) is 10.2 Å². The number of aliphatic imine (C=N–C) groups is 1. The molecule has 1 N–H and O–H groups in total. The number of carbonyl (C=O) groups is 2. The molecule has 2 aliphatic rings. The highest BCUT2D eigenvalue weighted by molar-refractivity contribution is 8.14. The highest BCUT2D eigenvalue weighted by Crippen LogP contribution is 2.34. The largest absolute Gasteiger partial charge is 0.454 e. The second-order valence-electron chi connectivity index (χ2n) is 4.25. The van der Waals surface area contributed by atoms with Crippen LogP contribution in [0.1, 0.15) is 0 Å². The number of hydrogen-bond acceptors (Lipinski definition) is 7. The number of rotatable bonds is 3. The van der Waals surface area contributed by atoms with Gasteiger partial charge < -0.3 is 14.8 Å². The molecule has 112 valence electrons. The molecule has 0 radical (unpaired) electrons. The number of nitrogens with zero attached hydrogens (tertiary/aromatic N) is 3. The first-order valence-electron chi connectivity index (χ1n) is 6.18. The van der Waals surface area contributed by atoms with Crippen molar-refractivity contribution in [2.45, 2.75) is 0 Å². The molecule has 0 aliphatic carbocycles. The summed E-state index contributed by atoms with van der Waals surface area (Å²) in [5, 5.41) is 10.1. The molecule has 0 bridgehead atoms. The van der Waals surface area contributed by atoms with E-state index < -0.39 is 5.91 Å². The second kappa shape index (κ2) is 5.98. The van der Waals surface area contributed by atoms with Crippen LogP contribution < -0.4 is 14.8 Å². The minimum absolute atomic E-state index is 0.0193. The van der Waals surface area contributed by atoms with E-state index in [1.165, 1.54) is 0 Å². The van der Waals surface area contributed by atoms with Gasteiger partial charge in [-0.25, -0.2) is 0 Å². The molecular weight excluding hydrogens is 308 g/mol. The summed E-state index contributed by atoms with van der Waals surface area (Å²) in [7, 11) is 0. The van der Waals surface area contributed by atoms with Crippen molar-refractivity contribution >= 4 is 34.4 Å². The van der Waals surface area contributed by atoms with Crippen LogP contribution >= 0.6 is 11.8 Å². The summed E-state index contributed by atoms with van der Waals surface area (Å²) in [4.78, 5) is 26.8. The Balaban J connectivity index is 1.55. The molecule has 3 rings (SSSR count). The van der Waals surface area contributed by atoms with Gasteiger partial charge in [-0.2, -0.15) is 4.99 Å². The lowest BCUT2D eigenvalue weighted by Crippen LogP contribution is -2.15. The number of azo groups is 1. The highest BCUT2D eigenvalue weighted by atomic mass is 32.2. The molecule has 1 aromatic carbocycles. The van der Waals surface area contributed by atoms with Crippen LogP contribution in [0.4, 0.5) is 5.69 Å². The van der Waals surface area contributed by atoms with Crippen molar-refractivity contribution in [3.63, 3.8) is 0 Å². The molecule has 22 heavy (non-hydrogen) atoms. The Morgan fingerprint density at radius 3 is 2.95 bits per heavy atom. The lowest BCUT2D eigenvalue weighted by Gasteiger charge is -2.06. The van der Waals surface area contributed by atoms with Crippen LogP contribution in [0.5, 0.6) is 11.5 Å². The van der Waals surface area contributed by atoms with Crippen molar-refractivity contribution in [1.82, 2.24) is 0 Å². The maximum Gasteiger partial charge on any atom is 0.299 e. The third-order valence-electron chi connectivity index (χ3n) is 2.69. The minimum Gasteiger partial charge on any atom is -0.454 e. The van der Waals surface area contributed by atoms with Gasteiger partial charge >= 0.3 is 0 Å². The maximum absolute atomic E-state index is 11.9. The summed E-state index contributed by atoms with van der Waals surface area (Å²) >= 11 is 1.02. The van der Waals surface area contributed by atoms with Crippen molar-refractivity contribution in [3.05, 3.63) is 30.5 Å². The Hall–Kier alpha value is -2.68. The number of amides is 2. The number of amidine groups is 1. The van der Waals surface area contributed by atoms with Gasteiger partial charge in [0.1, 0.15) is 5.70 Å². The van der Waals surface area contributed by atoms with Gasteiger partial charge in [0, 0.05) is 11.8 Å². The number of thioether (sulfide) groups is 1. The third kappa shape index (κ3) is 3.14.